The van der Waals surface area contributed by atoms with Gasteiger partial charge in [0.1, 0.15) is 6.61 Å². The Hall–Kier alpha value is -4.41. The van der Waals surface area contributed by atoms with E-state index in [-0.39, 0.29) is 36.1 Å². The Morgan fingerprint density at radius 2 is 1.57 bits per heavy atom. The van der Waals surface area contributed by atoms with Gasteiger partial charge in [0.05, 0.1) is 17.0 Å². The Morgan fingerprint density at radius 3 is 2.30 bits per heavy atom. The first-order valence-electron chi connectivity index (χ1n) is 11.4. The monoisotopic (exact) mass is 516 g/mol. The van der Waals surface area contributed by atoms with Gasteiger partial charge in [-0.2, -0.15) is 0 Å². The number of pyridine rings is 2. The molecular formula is C27H24N4O5S. The average Bonchev–Trinajstić information content (AvgIpc) is 2.95. The van der Waals surface area contributed by atoms with Gasteiger partial charge in [-0.25, -0.2) is 17.9 Å². The molecule has 2 aromatic carbocycles. The van der Waals surface area contributed by atoms with Crippen LogP contribution in [-0.2, 0) is 21.3 Å². The lowest BCUT2D eigenvalue weighted by atomic mass is 10.1. The van der Waals surface area contributed by atoms with Gasteiger partial charge < -0.3 is 10.1 Å². The molecule has 9 nitrogen and oxygen atoms in total. The minimum absolute atomic E-state index is 0.0608. The maximum Gasteiger partial charge on any atom is 0.338 e. The lowest BCUT2D eigenvalue weighted by Crippen LogP contribution is -2.28. The zero-order valence-electron chi connectivity index (χ0n) is 19.7. The van der Waals surface area contributed by atoms with Crippen molar-refractivity contribution >= 4 is 21.9 Å². The summed E-state index contributed by atoms with van der Waals surface area (Å²) in [6.45, 7) is 0.0915. The molecule has 0 aliphatic rings. The van der Waals surface area contributed by atoms with E-state index in [1.54, 1.807) is 49.1 Å². The molecule has 0 atom stereocenters. The molecule has 37 heavy (non-hydrogen) atoms. The highest BCUT2D eigenvalue weighted by Crippen LogP contribution is 2.18. The van der Waals surface area contributed by atoms with Crippen molar-refractivity contribution in [2.45, 2.75) is 11.4 Å². The smallest absolute Gasteiger partial charge is 0.338 e. The van der Waals surface area contributed by atoms with E-state index in [1.807, 2.05) is 24.3 Å². The SMILES string of the molecule is O=C(NCCOC(=O)c1cccc(S(=O)(=O)NCc2cccnc2)c1)c1ccc(-c2ccncc2)cc1. The first kappa shape index (κ1) is 25.7. The Labute approximate surface area is 214 Å². The van der Waals surface area contributed by atoms with Crippen LogP contribution in [0.1, 0.15) is 26.3 Å². The van der Waals surface area contributed by atoms with Crippen LogP contribution in [0.4, 0.5) is 0 Å². The number of hydrogen-bond donors (Lipinski definition) is 2. The summed E-state index contributed by atoms with van der Waals surface area (Å²) < 4.78 is 32.9. The Bertz CT molecular complexity index is 1460. The normalized spacial score (nSPS) is 11.0. The average molecular weight is 517 g/mol. The number of carbonyl (C=O) groups excluding carboxylic acids is 2. The van der Waals surface area contributed by atoms with Crippen molar-refractivity contribution in [3.63, 3.8) is 0 Å². The van der Waals surface area contributed by atoms with Gasteiger partial charge in [-0.1, -0.05) is 24.3 Å². The second-order valence-electron chi connectivity index (χ2n) is 7.92. The van der Waals surface area contributed by atoms with Crippen LogP contribution in [0.3, 0.4) is 0 Å². The highest BCUT2D eigenvalue weighted by molar-refractivity contribution is 7.89. The molecule has 0 spiro atoms. The maximum atomic E-state index is 12.6. The number of benzene rings is 2. The molecule has 0 bridgehead atoms. The van der Waals surface area contributed by atoms with E-state index in [0.717, 1.165) is 11.1 Å². The van der Waals surface area contributed by atoms with Crippen molar-refractivity contribution < 1.29 is 22.7 Å². The summed E-state index contributed by atoms with van der Waals surface area (Å²) in [4.78, 5) is 32.7. The molecular weight excluding hydrogens is 492 g/mol. The summed E-state index contributed by atoms with van der Waals surface area (Å²) in [6, 6.07) is 19.9. The number of esters is 1. The number of carbonyl (C=O) groups is 2. The van der Waals surface area contributed by atoms with Gasteiger partial charge in [-0.15, -0.1) is 0 Å². The van der Waals surface area contributed by atoms with E-state index in [9.17, 15) is 18.0 Å². The Kier molecular flexibility index (Phi) is 8.34. The van der Waals surface area contributed by atoms with Gasteiger partial charge in [0.2, 0.25) is 10.0 Å². The zero-order valence-corrected chi connectivity index (χ0v) is 20.5. The van der Waals surface area contributed by atoms with Crippen LogP contribution in [0.2, 0.25) is 0 Å². The number of nitrogens with one attached hydrogen (secondary N) is 2. The molecule has 10 heteroatoms. The maximum absolute atomic E-state index is 12.6. The third-order valence-corrected chi connectivity index (χ3v) is 6.75. The van der Waals surface area contributed by atoms with Gasteiger partial charge in [-0.05, 0) is 65.2 Å². The fraction of sp³-hybridized carbons (Fsp3) is 0.111. The van der Waals surface area contributed by atoms with Crippen LogP contribution in [0.25, 0.3) is 11.1 Å². The fourth-order valence-electron chi connectivity index (χ4n) is 3.41. The topological polar surface area (TPSA) is 127 Å². The van der Waals surface area contributed by atoms with Crippen molar-refractivity contribution in [1.29, 1.82) is 0 Å². The minimum atomic E-state index is -3.85. The number of nitrogens with zero attached hydrogens (tertiary/aromatic N) is 2. The summed E-state index contributed by atoms with van der Waals surface area (Å²) in [5.41, 5.74) is 3.22. The van der Waals surface area contributed by atoms with Crippen molar-refractivity contribution in [1.82, 2.24) is 20.0 Å². The lowest BCUT2D eigenvalue weighted by molar-refractivity contribution is 0.0503. The largest absolute Gasteiger partial charge is 0.460 e. The molecule has 0 radical (unpaired) electrons. The van der Waals surface area contributed by atoms with Crippen molar-refractivity contribution in [3.8, 4) is 11.1 Å². The zero-order chi connectivity index (χ0) is 26.1. The highest BCUT2D eigenvalue weighted by atomic mass is 32.2. The molecule has 1 amide bonds. The molecule has 0 aliphatic heterocycles. The number of hydrogen-bond acceptors (Lipinski definition) is 7. The summed E-state index contributed by atoms with van der Waals surface area (Å²) in [5, 5.41) is 2.70. The van der Waals surface area contributed by atoms with E-state index >= 15 is 0 Å². The molecule has 4 rings (SSSR count). The number of aromatic nitrogens is 2. The number of rotatable bonds is 10. The van der Waals surface area contributed by atoms with Crippen molar-refractivity contribution in [3.05, 3.63) is 114 Å². The van der Waals surface area contributed by atoms with Crippen LogP contribution < -0.4 is 10.0 Å². The van der Waals surface area contributed by atoms with Gasteiger partial charge in [0.15, 0.2) is 0 Å². The first-order valence-corrected chi connectivity index (χ1v) is 12.9. The molecule has 2 aromatic heterocycles. The number of sulfonamides is 1. The van der Waals surface area contributed by atoms with Gasteiger partial charge >= 0.3 is 5.97 Å². The summed E-state index contributed by atoms with van der Waals surface area (Å²) in [7, 11) is -3.85. The second-order valence-corrected chi connectivity index (χ2v) is 9.69. The molecule has 0 saturated carbocycles. The predicted octanol–water partition coefficient (Wildman–Crippen LogP) is 3.21. The second kappa shape index (κ2) is 12.0. The summed E-state index contributed by atoms with van der Waals surface area (Å²) in [6.07, 6.45) is 6.56. The predicted molar refractivity (Wildman–Crippen MR) is 137 cm³/mol. The van der Waals surface area contributed by atoms with Crippen LogP contribution in [0, 0.1) is 0 Å². The van der Waals surface area contributed by atoms with Crippen LogP contribution in [0.5, 0.6) is 0 Å². The molecule has 188 valence electrons. The molecule has 4 aromatic rings. The molecule has 0 unspecified atom stereocenters. The first-order chi connectivity index (χ1) is 17.9. The molecule has 2 heterocycles. The Balaban J connectivity index is 1.26. The van der Waals surface area contributed by atoms with Gasteiger partial charge in [-0.3, -0.25) is 14.8 Å². The fourth-order valence-corrected chi connectivity index (χ4v) is 4.47. The van der Waals surface area contributed by atoms with Crippen molar-refractivity contribution in [2.75, 3.05) is 13.2 Å². The Morgan fingerprint density at radius 1 is 0.811 bits per heavy atom. The standard InChI is InChI=1S/C27H24N4O5S/c32-26(23-8-6-21(7-9-23)22-10-13-28-14-11-22)30-15-16-36-27(33)24-4-1-5-25(17-24)37(34,35)31-19-20-3-2-12-29-18-20/h1-14,17-18,31H,15-16,19H2,(H,30,32). The van der Waals surface area contributed by atoms with Crippen LogP contribution >= 0.6 is 0 Å². The van der Waals surface area contributed by atoms with E-state index in [4.69, 9.17) is 4.74 Å². The third kappa shape index (κ3) is 7.06. The molecule has 0 saturated heterocycles. The van der Waals surface area contributed by atoms with Crippen molar-refractivity contribution in [2.24, 2.45) is 0 Å². The van der Waals surface area contributed by atoms with Gasteiger partial charge in [0.25, 0.3) is 5.91 Å². The molecule has 0 fully saturated rings. The van der Waals surface area contributed by atoms with E-state index in [0.29, 0.717) is 11.1 Å². The van der Waals surface area contributed by atoms with E-state index in [2.05, 4.69) is 20.0 Å². The molecule has 2 N–H and O–H groups in total. The van der Waals surface area contributed by atoms with E-state index < -0.39 is 16.0 Å². The number of amides is 1. The minimum Gasteiger partial charge on any atom is -0.460 e. The summed E-state index contributed by atoms with van der Waals surface area (Å²) in [5.74, 6) is -0.995. The summed E-state index contributed by atoms with van der Waals surface area (Å²) >= 11 is 0. The highest BCUT2D eigenvalue weighted by Gasteiger charge is 2.17. The lowest BCUT2D eigenvalue weighted by Gasteiger charge is -2.10. The third-order valence-electron chi connectivity index (χ3n) is 5.35. The number of ether oxygens (including phenoxy) is 1. The quantitative estimate of drug-likeness (QED) is 0.245. The van der Waals surface area contributed by atoms with Gasteiger partial charge in [0, 0.05) is 36.9 Å². The van der Waals surface area contributed by atoms with E-state index in [1.165, 1.54) is 24.3 Å². The molecule has 0 aliphatic carbocycles. The van der Waals surface area contributed by atoms with Crippen LogP contribution in [-0.4, -0.2) is 43.4 Å². The van der Waals surface area contributed by atoms with Crippen LogP contribution in [0.15, 0.2) is 102 Å².